The van der Waals surface area contributed by atoms with Gasteiger partial charge in [0.2, 0.25) is 0 Å². The monoisotopic (exact) mass is 213 g/mol. The summed E-state index contributed by atoms with van der Waals surface area (Å²) in [6.45, 7) is 7.95. The van der Waals surface area contributed by atoms with Gasteiger partial charge < -0.3 is 0 Å². The number of aryl methyl sites for hydroxylation is 1. The van der Waals surface area contributed by atoms with Crippen LogP contribution in [0.1, 0.15) is 41.1 Å². The normalized spacial score (nSPS) is 11.5. The minimum Gasteiger partial charge on any atom is -0.289 e. The predicted octanol–water partition coefficient (Wildman–Crippen LogP) is 1.35. The summed E-state index contributed by atoms with van der Waals surface area (Å²) < 4.78 is 0. The Morgan fingerprint density at radius 3 is 2.50 bits per heavy atom. The van der Waals surface area contributed by atoms with Crippen LogP contribution in [0.5, 0.6) is 0 Å². The Morgan fingerprint density at radius 1 is 1.50 bits per heavy atom. The van der Waals surface area contributed by atoms with Crippen LogP contribution in [0.25, 0.3) is 0 Å². The van der Waals surface area contributed by atoms with Gasteiger partial charge in [-0.1, -0.05) is 20.8 Å². The zero-order chi connectivity index (χ0) is 10.9. The zero-order valence-electron chi connectivity index (χ0n) is 8.84. The Hall–Kier alpha value is -0.940. The summed E-state index contributed by atoms with van der Waals surface area (Å²) in [6.07, 6.45) is 0. The van der Waals surface area contributed by atoms with Gasteiger partial charge in [-0.3, -0.25) is 10.2 Å². The van der Waals surface area contributed by atoms with Gasteiger partial charge in [0.1, 0.15) is 4.88 Å². The summed E-state index contributed by atoms with van der Waals surface area (Å²) in [5.74, 6) is 4.84. The third-order valence-electron chi connectivity index (χ3n) is 1.78. The molecule has 0 unspecified atom stereocenters. The molecule has 0 atom stereocenters. The second kappa shape index (κ2) is 3.67. The van der Waals surface area contributed by atoms with Crippen LogP contribution < -0.4 is 11.3 Å². The van der Waals surface area contributed by atoms with E-state index in [1.54, 1.807) is 0 Å². The first-order chi connectivity index (χ1) is 6.36. The summed E-state index contributed by atoms with van der Waals surface area (Å²) in [7, 11) is 0. The Bertz CT molecular complexity index is 351. The van der Waals surface area contributed by atoms with Gasteiger partial charge >= 0.3 is 0 Å². The molecular weight excluding hydrogens is 198 g/mol. The van der Waals surface area contributed by atoms with Crippen LogP contribution in [0.4, 0.5) is 0 Å². The van der Waals surface area contributed by atoms with Gasteiger partial charge in [-0.2, -0.15) is 0 Å². The van der Waals surface area contributed by atoms with E-state index in [0.717, 1.165) is 10.7 Å². The predicted molar refractivity (Wildman–Crippen MR) is 57.2 cm³/mol. The molecule has 1 aromatic rings. The summed E-state index contributed by atoms with van der Waals surface area (Å²) in [5, 5.41) is 0.883. The number of carbonyl (C=O) groups excluding carboxylic acids is 1. The molecule has 78 valence electrons. The van der Waals surface area contributed by atoms with E-state index in [1.807, 2.05) is 27.7 Å². The number of nitrogens with zero attached hydrogens (tertiary/aromatic N) is 1. The second-order valence-electron chi connectivity index (χ2n) is 4.13. The smallest absolute Gasteiger partial charge is 0.277 e. The van der Waals surface area contributed by atoms with Crippen molar-refractivity contribution in [3.05, 3.63) is 15.6 Å². The van der Waals surface area contributed by atoms with Crippen LogP contribution in [-0.2, 0) is 5.41 Å². The number of aromatic nitrogens is 1. The number of hydrogen-bond acceptors (Lipinski definition) is 4. The Morgan fingerprint density at radius 2 is 2.07 bits per heavy atom. The van der Waals surface area contributed by atoms with Crippen molar-refractivity contribution in [2.45, 2.75) is 33.1 Å². The quantitative estimate of drug-likeness (QED) is 0.420. The number of rotatable bonds is 1. The fraction of sp³-hybridized carbons (Fsp3) is 0.556. The van der Waals surface area contributed by atoms with Crippen molar-refractivity contribution in [3.8, 4) is 0 Å². The van der Waals surface area contributed by atoms with Gasteiger partial charge in [0, 0.05) is 5.41 Å². The van der Waals surface area contributed by atoms with Crippen LogP contribution in [-0.4, -0.2) is 10.9 Å². The third-order valence-corrected chi connectivity index (χ3v) is 2.75. The molecule has 0 saturated carbocycles. The summed E-state index contributed by atoms with van der Waals surface area (Å²) in [5.41, 5.74) is 2.81. The minimum absolute atomic E-state index is 0.132. The third kappa shape index (κ3) is 2.10. The molecule has 0 aromatic carbocycles. The van der Waals surface area contributed by atoms with Gasteiger partial charge in [-0.05, 0) is 6.92 Å². The first-order valence-corrected chi connectivity index (χ1v) is 5.16. The fourth-order valence-corrected chi connectivity index (χ4v) is 2.19. The number of amides is 1. The molecule has 14 heavy (non-hydrogen) atoms. The molecule has 1 rings (SSSR count). The lowest BCUT2D eigenvalue weighted by Crippen LogP contribution is -2.31. The highest BCUT2D eigenvalue weighted by molar-refractivity contribution is 7.13. The summed E-state index contributed by atoms with van der Waals surface area (Å²) in [6, 6.07) is 0. The summed E-state index contributed by atoms with van der Waals surface area (Å²) in [4.78, 5) is 16.4. The van der Waals surface area contributed by atoms with E-state index in [9.17, 15) is 4.79 Å². The molecular formula is C9H15N3OS. The molecule has 0 spiro atoms. The van der Waals surface area contributed by atoms with Crippen molar-refractivity contribution in [2.75, 3.05) is 0 Å². The topological polar surface area (TPSA) is 68.0 Å². The van der Waals surface area contributed by atoms with E-state index < -0.39 is 0 Å². The van der Waals surface area contributed by atoms with Gasteiger partial charge in [-0.25, -0.2) is 10.8 Å². The van der Waals surface area contributed by atoms with E-state index in [1.165, 1.54) is 11.3 Å². The average Bonchev–Trinajstić information content (AvgIpc) is 2.45. The Kier molecular flexibility index (Phi) is 2.92. The maximum absolute atomic E-state index is 11.4. The Labute approximate surface area is 87.5 Å². The van der Waals surface area contributed by atoms with Gasteiger partial charge in [0.25, 0.3) is 5.91 Å². The maximum atomic E-state index is 11.4. The van der Waals surface area contributed by atoms with Crippen molar-refractivity contribution in [3.63, 3.8) is 0 Å². The van der Waals surface area contributed by atoms with Crippen molar-refractivity contribution in [1.82, 2.24) is 10.4 Å². The van der Waals surface area contributed by atoms with Crippen LogP contribution in [0.3, 0.4) is 0 Å². The van der Waals surface area contributed by atoms with E-state index >= 15 is 0 Å². The molecule has 0 fully saturated rings. The minimum atomic E-state index is -0.263. The molecule has 0 aliphatic rings. The highest BCUT2D eigenvalue weighted by Gasteiger charge is 2.25. The highest BCUT2D eigenvalue weighted by atomic mass is 32.1. The number of carbonyl (C=O) groups is 1. The Balaban J connectivity index is 3.23. The van der Waals surface area contributed by atoms with Gasteiger partial charge in [0.15, 0.2) is 0 Å². The highest BCUT2D eigenvalue weighted by Crippen LogP contribution is 2.28. The van der Waals surface area contributed by atoms with Gasteiger partial charge in [-0.15, -0.1) is 11.3 Å². The standard InChI is InChI=1S/C9H15N3OS/c1-5-11-7(9(2,3)4)6(14-5)8(13)12-10/h10H2,1-4H3,(H,12,13). The molecule has 0 aliphatic heterocycles. The lowest BCUT2D eigenvalue weighted by atomic mass is 9.91. The molecule has 3 N–H and O–H groups in total. The van der Waals surface area contributed by atoms with Crippen molar-refractivity contribution in [2.24, 2.45) is 5.84 Å². The number of nitrogens with one attached hydrogen (secondary N) is 1. The zero-order valence-corrected chi connectivity index (χ0v) is 9.66. The molecule has 1 aromatic heterocycles. The molecule has 5 heteroatoms. The van der Waals surface area contributed by atoms with Crippen molar-refractivity contribution in [1.29, 1.82) is 0 Å². The maximum Gasteiger partial charge on any atom is 0.277 e. The van der Waals surface area contributed by atoms with E-state index in [2.05, 4.69) is 10.4 Å². The fourth-order valence-electron chi connectivity index (χ4n) is 1.15. The van der Waals surface area contributed by atoms with E-state index in [0.29, 0.717) is 4.88 Å². The molecule has 0 bridgehead atoms. The second-order valence-corrected chi connectivity index (χ2v) is 5.34. The molecule has 0 saturated heterocycles. The van der Waals surface area contributed by atoms with Gasteiger partial charge in [0.05, 0.1) is 10.7 Å². The van der Waals surface area contributed by atoms with Crippen LogP contribution in [0, 0.1) is 6.92 Å². The lowest BCUT2D eigenvalue weighted by molar-refractivity contribution is 0.0955. The van der Waals surface area contributed by atoms with Crippen molar-refractivity contribution >= 4 is 17.2 Å². The first-order valence-electron chi connectivity index (χ1n) is 4.35. The molecule has 0 radical (unpaired) electrons. The summed E-state index contributed by atoms with van der Waals surface area (Å²) >= 11 is 1.37. The van der Waals surface area contributed by atoms with Crippen LogP contribution in [0.2, 0.25) is 0 Å². The number of hydrogen-bond donors (Lipinski definition) is 2. The van der Waals surface area contributed by atoms with Crippen LogP contribution >= 0.6 is 11.3 Å². The number of nitrogen functional groups attached to an aromatic ring is 1. The number of thiazole rings is 1. The average molecular weight is 213 g/mol. The molecule has 1 amide bonds. The van der Waals surface area contributed by atoms with E-state index in [4.69, 9.17) is 5.84 Å². The first kappa shape index (κ1) is 11.1. The number of nitrogens with two attached hydrogens (primary N) is 1. The SMILES string of the molecule is Cc1nc(C(C)(C)C)c(C(=O)NN)s1. The van der Waals surface area contributed by atoms with E-state index in [-0.39, 0.29) is 11.3 Å². The lowest BCUT2D eigenvalue weighted by Gasteiger charge is -2.16. The molecule has 4 nitrogen and oxygen atoms in total. The van der Waals surface area contributed by atoms with Crippen molar-refractivity contribution < 1.29 is 4.79 Å². The van der Waals surface area contributed by atoms with Crippen LogP contribution in [0.15, 0.2) is 0 Å². The largest absolute Gasteiger partial charge is 0.289 e. The number of hydrazine groups is 1. The molecule has 0 aliphatic carbocycles. The molecule has 1 heterocycles.